The molecule has 0 amide bonds. The molecule has 1 aliphatic heterocycles. The molecule has 0 aromatic carbocycles. The van der Waals surface area contributed by atoms with Gasteiger partial charge in [0.1, 0.15) is 6.04 Å². The fourth-order valence-corrected chi connectivity index (χ4v) is 1.89. The molecule has 0 aromatic rings. The number of piperidine rings is 1. The standard InChI is InChI=1S/C10H21N3O2/c1-13-5-3-2-4-8(13)6-12-7-9(11)10(14)15/h8-9,12H,2-7,11H2,1H3,(H,14,15). The lowest BCUT2D eigenvalue weighted by Gasteiger charge is -2.32. The van der Waals surface area contributed by atoms with E-state index in [1.807, 2.05) is 0 Å². The van der Waals surface area contributed by atoms with Crippen LogP contribution < -0.4 is 11.1 Å². The van der Waals surface area contributed by atoms with Crippen molar-refractivity contribution in [1.82, 2.24) is 10.2 Å². The number of likely N-dealkylation sites (tertiary alicyclic amines) is 1. The summed E-state index contributed by atoms with van der Waals surface area (Å²) in [6, 6.07) is -0.265. The fraction of sp³-hybridized carbons (Fsp3) is 0.900. The molecule has 1 rings (SSSR count). The summed E-state index contributed by atoms with van der Waals surface area (Å²) in [6.45, 7) is 2.31. The Morgan fingerprint density at radius 2 is 2.40 bits per heavy atom. The minimum absolute atomic E-state index is 0.347. The molecule has 4 N–H and O–H groups in total. The molecule has 0 aromatic heterocycles. The van der Waals surface area contributed by atoms with Gasteiger partial charge in [-0.3, -0.25) is 4.79 Å². The van der Waals surface area contributed by atoms with Crippen LogP contribution in [0.4, 0.5) is 0 Å². The van der Waals surface area contributed by atoms with Gasteiger partial charge in [-0.2, -0.15) is 0 Å². The smallest absolute Gasteiger partial charge is 0.321 e. The molecule has 1 saturated heterocycles. The van der Waals surface area contributed by atoms with E-state index < -0.39 is 12.0 Å². The van der Waals surface area contributed by atoms with Crippen molar-refractivity contribution in [2.75, 3.05) is 26.7 Å². The minimum atomic E-state index is -0.945. The third kappa shape index (κ3) is 4.15. The number of nitrogens with one attached hydrogen (secondary N) is 1. The summed E-state index contributed by atoms with van der Waals surface area (Å²) in [5.74, 6) is -0.945. The summed E-state index contributed by atoms with van der Waals surface area (Å²) in [6.07, 6.45) is 3.72. The van der Waals surface area contributed by atoms with Gasteiger partial charge in [-0.05, 0) is 26.4 Å². The van der Waals surface area contributed by atoms with Crippen molar-refractivity contribution < 1.29 is 9.90 Å². The van der Waals surface area contributed by atoms with Crippen molar-refractivity contribution in [2.45, 2.75) is 31.3 Å². The van der Waals surface area contributed by atoms with Crippen molar-refractivity contribution in [2.24, 2.45) is 5.73 Å². The van der Waals surface area contributed by atoms with Crippen LogP contribution in [-0.2, 0) is 4.79 Å². The van der Waals surface area contributed by atoms with Crippen LogP contribution in [0.2, 0.25) is 0 Å². The first-order chi connectivity index (χ1) is 7.11. The summed E-state index contributed by atoms with van der Waals surface area (Å²) in [5.41, 5.74) is 5.39. The van der Waals surface area contributed by atoms with Gasteiger partial charge in [-0.1, -0.05) is 6.42 Å². The van der Waals surface area contributed by atoms with Crippen LogP contribution in [0.5, 0.6) is 0 Å². The zero-order chi connectivity index (χ0) is 11.3. The molecule has 0 aliphatic carbocycles. The quantitative estimate of drug-likeness (QED) is 0.575. The van der Waals surface area contributed by atoms with E-state index in [4.69, 9.17) is 10.8 Å². The predicted octanol–water partition coefficient (Wildman–Crippen LogP) is -0.528. The maximum absolute atomic E-state index is 10.5. The summed E-state index contributed by atoms with van der Waals surface area (Å²) in [7, 11) is 2.11. The lowest BCUT2D eigenvalue weighted by molar-refractivity contribution is -0.138. The highest BCUT2D eigenvalue weighted by atomic mass is 16.4. The third-order valence-corrected chi connectivity index (χ3v) is 2.98. The van der Waals surface area contributed by atoms with Crippen molar-refractivity contribution in [3.8, 4) is 0 Å². The van der Waals surface area contributed by atoms with E-state index in [1.54, 1.807) is 0 Å². The first kappa shape index (κ1) is 12.4. The zero-order valence-corrected chi connectivity index (χ0v) is 9.28. The summed E-state index contributed by atoms with van der Waals surface area (Å²) >= 11 is 0. The number of carboxylic acid groups (broad SMARTS) is 1. The zero-order valence-electron chi connectivity index (χ0n) is 9.28. The molecular weight excluding hydrogens is 194 g/mol. The van der Waals surface area contributed by atoms with Crippen molar-refractivity contribution in [1.29, 1.82) is 0 Å². The molecule has 5 nitrogen and oxygen atoms in total. The van der Waals surface area contributed by atoms with Gasteiger partial charge < -0.3 is 21.1 Å². The van der Waals surface area contributed by atoms with Gasteiger partial charge in [-0.25, -0.2) is 0 Å². The van der Waals surface area contributed by atoms with Gasteiger partial charge in [0.2, 0.25) is 0 Å². The molecule has 2 unspecified atom stereocenters. The molecule has 1 aliphatic rings. The second-order valence-electron chi connectivity index (χ2n) is 4.23. The molecule has 1 heterocycles. The number of likely N-dealkylation sites (N-methyl/N-ethyl adjacent to an activating group) is 1. The average Bonchev–Trinajstić information content (AvgIpc) is 2.20. The Labute approximate surface area is 90.6 Å². The number of hydrogen-bond acceptors (Lipinski definition) is 4. The van der Waals surface area contributed by atoms with Crippen LogP contribution in [0.25, 0.3) is 0 Å². The summed E-state index contributed by atoms with van der Waals surface area (Å²) in [4.78, 5) is 12.8. The Morgan fingerprint density at radius 1 is 1.67 bits per heavy atom. The molecule has 0 radical (unpaired) electrons. The number of aliphatic carboxylic acids is 1. The molecule has 1 fully saturated rings. The lowest BCUT2D eigenvalue weighted by Crippen LogP contribution is -2.47. The Bertz CT molecular complexity index is 211. The Hall–Kier alpha value is -0.650. The number of nitrogens with two attached hydrogens (primary N) is 1. The van der Waals surface area contributed by atoms with Crippen LogP contribution in [-0.4, -0.2) is 54.7 Å². The lowest BCUT2D eigenvalue weighted by atomic mass is 10.0. The highest BCUT2D eigenvalue weighted by molar-refractivity contribution is 5.73. The normalized spacial score (nSPS) is 25.1. The second kappa shape index (κ2) is 6.05. The first-order valence-electron chi connectivity index (χ1n) is 5.50. The Morgan fingerprint density at radius 3 is 3.00 bits per heavy atom. The van der Waals surface area contributed by atoms with E-state index in [1.165, 1.54) is 19.3 Å². The minimum Gasteiger partial charge on any atom is -0.480 e. The maximum Gasteiger partial charge on any atom is 0.321 e. The highest BCUT2D eigenvalue weighted by Gasteiger charge is 2.19. The predicted molar refractivity (Wildman–Crippen MR) is 58.7 cm³/mol. The molecule has 0 saturated carbocycles. The van der Waals surface area contributed by atoms with Crippen LogP contribution >= 0.6 is 0 Å². The number of carbonyl (C=O) groups is 1. The van der Waals surface area contributed by atoms with E-state index in [0.29, 0.717) is 12.6 Å². The van der Waals surface area contributed by atoms with Crippen molar-refractivity contribution in [3.05, 3.63) is 0 Å². The van der Waals surface area contributed by atoms with Gasteiger partial charge in [-0.15, -0.1) is 0 Å². The van der Waals surface area contributed by atoms with Crippen LogP contribution in [0, 0.1) is 0 Å². The average molecular weight is 215 g/mol. The van der Waals surface area contributed by atoms with E-state index in [9.17, 15) is 4.79 Å². The van der Waals surface area contributed by atoms with Crippen LogP contribution in [0.15, 0.2) is 0 Å². The molecule has 5 heteroatoms. The van der Waals surface area contributed by atoms with Crippen molar-refractivity contribution >= 4 is 5.97 Å². The largest absolute Gasteiger partial charge is 0.480 e. The molecule has 0 spiro atoms. The summed E-state index contributed by atoms with van der Waals surface area (Å²) in [5, 5.41) is 11.7. The van der Waals surface area contributed by atoms with E-state index in [0.717, 1.165) is 13.1 Å². The number of nitrogens with zero attached hydrogens (tertiary/aromatic N) is 1. The number of hydrogen-bond donors (Lipinski definition) is 3. The van der Waals surface area contributed by atoms with Crippen molar-refractivity contribution in [3.63, 3.8) is 0 Å². The van der Waals surface area contributed by atoms with Crippen LogP contribution in [0.3, 0.4) is 0 Å². The van der Waals surface area contributed by atoms with E-state index in [2.05, 4.69) is 17.3 Å². The fourth-order valence-electron chi connectivity index (χ4n) is 1.89. The van der Waals surface area contributed by atoms with E-state index >= 15 is 0 Å². The first-order valence-corrected chi connectivity index (χ1v) is 5.50. The number of carboxylic acids is 1. The third-order valence-electron chi connectivity index (χ3n) is 2.98. The van der Waals surface area contributed by atoms with Crippen LogP contribution in [0.1, 0.15) is 19.3 Å². The topological polar surface area (TPSA) is 78.6 Å². The Kier molecular flexibility index (Phi) is 5.01. The van der Waals surface area contributed by atoms with Gasteiger partial charge in [0.15, 0.2) is 0 Å². The molecular formula is C10H21N3O2. The van der Waals surface area contributed by atoms with Gasteiger partial charge in [0.05, 0.1) is 0 Å². The molecule has 88 valence electrons. The highest BCUT2D eigenvalue weighted by Crippen LogP contribution is 2.13. The second-order valence-corrected chi connectivity index (χ2v) is 4.23. The van der Waals surface area contributed by atoms with Gasteiger partial charge in [0.25, 0.3) is 0 Å². The Balaban J connectivity index is 2.16. The van der Waals surface area contributed by atoms with Gasteiger partial charge >= 0.3 is 5.97 Å². The maximum atomic E-state index is 10.5. The monoisotopic (exact) mass is 215 g/mol. The molecule has 0 bridgehead atoms. The molecule has 15 heavy (non-hydrogen) atoms. The summed E-state index contributed by atoms with van der Waals surface area (Å²) < 4.78 is 0. The number of rotatable bonds is 5. The van der Waals surface area contributed by atoms with Gasteiger partial charge in [0, 0.05) is 19.1 Å². The SMILES string of the molecule is CN1CCCCC1CNCC(N)C(=O)O. The van der Waals surface area contributed by atoms with E-state index in [-0.39, 0.29) is 0 Å². The molecule has 2 atom stereocenters.